The molecule has 21 heteroatoms. The Morgan fingerprint density at radius 2 is 1.35 bits per heavy atom. The monoisotopic (exact) mass is 770 g/mol. The van der Waals surface area contributed by atoms with Crippen molar-refractivity contribution in [1.82, 2.24) is 9.69 Å². The summed E-state index contributed by atoms with van der Waals surface area (Å²) >= 11 is 0. The SMILES string of the molecule is [C-]#[N+]C1=C(C)/C(=C/C=CC=Cc2c(C)c(C#N)c(=O)n(Nc3ccccc3S(=O)(=O)[O-])c2[O-])C(=O)N(Nc2ccccc2S(=O)(=O)[O-])C1=O.[Na+].[Na+].[Na+]. The first kappa shape index (κ1) is 46.7. The molecule has 0 atom stereocenters. The molecule has 0 unspecified atom stereocenters. The van der Waals surface area contributed by atoms with Gasteiger partial charge >= 0.3 is 88.7 Å². The van der Waals surface area contributed by atoms with Crippen molar-refractivity contribution < 1.29 is 129 Å². The summed E-state index contributed by atoms with van der Waals surface area (Å²) in [6, 6.07) is 11.1. The number of hydrogen-bond acceptors (Lipinski definition) is 13. The molecular weight excluding hydrogens is 749 g/mol. The van der Waals surface area contributed by atoms with Crippen molar-refractivity contribution in [3.63, 3.8) is 0 Å². The second kappa shape index (κ2) is 19.1. The summed E-state index contributed by atoms with van der Waals surface area (Å²) in [5.41, 5.74) is 1.48. The quantitative estimate of drug-likeness (QED) is 0.0514. The minimum absolute atomic E-state index is 0. The summed E-state index contributed by atoms with van der Waals surface area (Å²) in [4.78, 5) is 40.9. The van der Waals surface area contributed by atoms with Gasteiger partial charge in [0.1, 0.15) is 31.9 Å². The molecule has 2 heterocycles. The standard InChI is InChI=1S/C31H24N6O10S2.3Na/c1-18-20(28(38)36(30(40)22(18)17-32)34-23-13-7-9-15-25(23)48(42,43)44)11-5-4-6-12-21-19(2)27(33-3)31(41)37(29(21)39)35-24-14-8-10-16-26(24)49(45,46)47;;;/h4-16,34-35,38H,1-2H3,(H,42,43,44)(H,45,46,47);;;/q;3*+1/p-3/b6-4?,11-5?,21-12-;;;. The number of nitrogens with zero attached hydrogens (tertiary/aromatic N) is 4. The molecule has 250 valence electrons. The van der Waals surface area contributed by atoms with E-state index in [1.165, 1.54) is 68.5 Å². The molecule has 16 nitrogen and oxygen atoms in total. The Bertz CT molecular complexity index is 2430. The first-order chi connectivity index (χ1) is 23.0. The van der Waals surface area contributed by atoms with E-state index in [4.69, 9.17) is 6.57 Å². The van der Waals surface area contributed by atoms with Crippen LogP contribution in [-0.4, -0.2) is 47.4 Å². The summed E-state index contributed by atoms with van der Waals surface area (Å²) in [6.07, 6.45) is 6.36. The largest absolute Gasteiger partial charge is 1.00 e. The van der Waals surface area contributed by atoms with E-state index in [0.29, 0.717) is 9.69 Å². The minimum Gasteiger partial charge on any atom is -0.858 e. The Labute approximate surface area is 364 Å². The van der Waals surface area contributed by atoms with Gasteiger partial charge in [0.25, 0.3) is 23.1 Å². The van der Waals surface area contributed by atoms with E-state index in [-0.39, 0.29) is 122 Å². The normalized spacial score (nSPS) is 14.0. The Balaban J connectivity index is 0.00000451. The van der Waals surface area contributed by atoms with Crippen molar-refractivity contribution in [1.29, 1.82) is 5.26 Å². The van der Waals surface area contributed by atoms with Gasteiger partial charge in [0.05, 0.1) is 27.7 Å². The predicted molar refractivity (Wildman–Crippen MR) is 168 cm³/mol. The van der Waals surface area contributed by atoms with E-state index in [1.54, 1.807) is 6.07 Å². The summed E-state index contributed by atoms with van der Waals surface area (Å²) in [5.74, 6) is -3.08. The number of pyridine rings is 1. The van der Waals surface area contributed by atoms with Crippen LogP contribution in [0.2, 0.25) is 0 Å². The third kappa shape index (κ3) is 10.0. The van der Waals surface area contributed by atoms with Crippen LogP contribution in [0.15, 0.2) is 104 Å². The molecule has 2 aromatic carbocycles. The molecule has 0 saturated heterocycles. The number of para-hydroxylation sites is 2. The molecule has 3 aromatic rings. The van der Waals surface area contributed by atoms with Gasteiger partial charge in [-0.2, -0.15) is 10.3 Å². The third-order valence-electron chi connectivity index (χ3n) is 6.98. The molecule has 2 N–H and O–H groups in total. The number of rotatable bonds is 9. The topological polar surface area (TPSA) is 249 Å². The molecule has 0 spiro atoms. The van der Waals surface area contributed by atoms with Crippen molar-refractivity contribution in [3.8, 4) is 11.9 Å². The summed E-state index contributed by atoms with van der Waals surface area (Å²) in [7, 11) is -10.0. The Morgan fingerprint density at radius 1 is 0.827 bits per heavy atom. The summed E-state index contributed by atoms with van der Waals surface area (Å²) in [6.45, 7) is 10.1. The van der Waals surface area contributed by atoms with Crippen LogP contribution in [0.1, 0.15) is 23.6 Å². The van der Waals surface area contributed by atoms with E-state index >= 15 is 0 Å². The number of allylic oxidation sites excluding steroid dienone is 4. The van der Waals surface area contributed by atoms with Crippen LogP contribution >= 0.6 is 0 Å². The second-order valence-electron chi connectivity index (χ2n) is 9.95. The Morgan fingerprint density at radius 3 is 1.85 bits per heavy atom. The van der Waals surface area contributed by atoms with E-state index in [9.17, 15) is 50.7 Å². The average molecular weight is 771 g/mol. The molecule has 0 fully saturated rings. The first-order valence-electron chi connectivity index (χ1n) is 13.6. The van der Waals surface area contributed by atoms with Gasteiger partial charge in [0, 0.05) is 5.57 Å². The van der Waals surface area contributed by atoms with Gasteiger partial charge in [-0.1, -0.05) is 54.6 Å². The van der Waals surface area contributed by atoms with Crippen LogP contribution in [0, 0.1) is 24.8 Å². The van der Waals surface area contributed by atoms with Crippen molar-refractivity contribution in [3.05, 3.63) is 128 Å². The molecule has 0 aliphatic carbocycles. The number of anilines is 2. The smallest absolute Gasteiger partial charge is 0.858 e. The molecule has 1 aliphatic rings. The van der Waals surface area contributed by atoms with Crippen molar-refractivity contribution >= 4 is 49.5 Å². The molecule has 0 saturated carbocycles. The van der Waals surface area contributed by atoms with Gasteiger partial charge < -0.3 is 14.2 Å². The van der Waals surface area contributed by atoms with E-state index < -0.39 is 64.5 Å². The molecule has 0 bridgehead atoms. The van der Waals surface area contributed by atoms with E-state index in [0.717, 1.165) is 24.3 Å². The molecule has 52 heavy (non-hydrogen) atoms. The number of nitrogens with one attached hydrogen (secondary N) is 2. The van der Waals surface area contributed by atoms with Crippen LogP contribution in [0.25, 0.3) is 10.9 Å². The van der Waals surface area contributed by atoms with Crippen LogP contribution in [0.3, 0.4) is 0 Å². The van der Waals surface area contributed by atoms with Crippen LogP contribution in [0.4, 0.5) is 11.4 Å². The second-order valence-corrected chi connectivity index (χ2v) is 12.6. The zero-order chi connectivity index (χ0) is 36.3. The van der Waals surface area contributed by atoms with Gasteiger partial charge in [-0.15, -0.1) is 0 Å². The molecule has 0 radical (unpaired) electrons. The number of hydrogen-bond donors (Lipinski definition) is 2. The van der Waals surface area contributed by atoms with Crippen LogP contribution in [0.5, 0.6) is 5.88 Å². The number of amides is 2. The minimum atomic E-state index is -5.02. The molecule has 1 aromatic heterocycles. The van der Waals surface area contributed by atoms with Gasteiger partial charge in [-0.05, 0) is 60.7 Å². The fourth-order valence-corrected chi connectivity index (χ4v) is 5.83. The van der Waals surface area contributed by atoms with Gasteiger partial charge in [0.15, 0.2) is 0 Å². The van der Waals surface area contributed by atoms with Crippen molar-refractivity contribution in [2.45, 2.75) is 23.6 Å². The maximum atomic E-state index is 13.3. The van der Waals surface area contributed by atoms with Crippen molar-refractivity contribution in [2.75, 3.05) is 10.9 Å². The Hall–Kier alpha value is -3.31. The Kier molecular flexibility index (Phi) is 17.2. The van der Waals surface area contributed by atoms with E-state index in [2.05, 4.69) is 15.7 Å². The number of carbonyl (C=O) groups is 2. The third-order valence-corrected chi connectivity index (χ3v) is 8.77. The average Bonchev–Trinajstić information content (AvgIpc) is 3.04. The molecule has 1 aliphatic heterocycles. The number of hydrazine groups is 1. The van der Waals surface area contributed by atoms with Gasteiger partial charge in [0.2, 0.25) is 0 Å². The number of aromatic nitrogens is 1. The van der Waals surface area contributed by atoms with E-state index in [1.807, 2.05) is 0 Å². The molecule has 2 amide bonds. The number of imide groups is 1. The van der Waals surface area contributed by atoms with Crippen molar-refractivity contribution in [2.24, 2.45) is 0 Å². The van der Waals surface area contributed by atoms with Gasteiger partial charge in [-0.3, -0.25) is 25.2 Å². The summed E-state index contributed by atoms with van der Waals surface area (Å²) < 4.78 is 70.5. The van der Waals surface area contributed by atoms with Gasteiger partial charge in [-0.25, -0.2) is 26.4 Å². The number of carbonyl (C=O) groups excluding carboxylic acids is 2. The summed E-state index contributed by atoms with van der Waals surface area (Å²) in [5, 5.41) is 23.3. The van der Waals surface area contributed by atoms with Crippen LogP contribution < -0.4 is 110 Å². The number of nitriles is 1. The maximum absolute atomic E-state index is 13.3. The predicted octanol–water partition coefficient (Wildman–Crippen LogP) is -7.12. The molecular formula is C31H21N6Na3O10S2. The maximum Gasteiger partial charge on any atom is 1.00 e. The fraction of sp³-hybridized carbons (Fsp3) is 0.0645. The van der Waals surface area contributed by atoms with Crippen LogP contribution in [-0.2, 0) is 29.8 Å². The number of benzene rings is 2. The zero-order valence-corrected chi connectivity index (χ0v) is 35.8. The molecule has 4 rings (SSSR count). The zero-order valence-electron chi connectivity index (χ0n) is 28.2. The fourth-order valence-electron chi connectivity index (χ4n) is 4.57. The first-order valence-corrected chi connectivity index (χ1v) is 16.4.